The summed E-state index contributed by atoms with van der Waals surface area (Å²) in [7, 11) is 1.83. The number of rotatable bonds is 3. The topological polar surface area (TPSA) is 37.8 Å². The van der Waals surface area contributed by atoms with Crippen molar-refractivity contribution in [3.8, 4) is 11.3 Å². The van der Waals surface area contributed by atoms with Gasteiger partial charge in [0.15, 0.2) is 0 Å². The van der Waals surface area contributed by atoms with Crippen molar-refractivity contribution in [2.45, 2.75) is 26.7 Å². The summed E-state index contributed by atoms with van der Waals surface area (Å²) in [4.78, 5) is 8.97. The third-order valence-corrected chi connectivity index (χ3v) is 2.97. The number of hydrogen-bond acceptors (Lipinski definition) is 3. The lowest BCUT2D eigenvalue weighted by molar-refractivity contribution is 0.618. The number of halogens is 1. The van der Waals surface area contributed by atoms with E-state index in [1.807, 2.05) is 13.1 Å². The molecule has 2 aromatic rings. The zero-order valence-corrected chi connectivity index (χ0v) is 11.7. The average Bonchev–Trinajstić information content (AvgIpc) is 2.41. The Kier molecular flexibility index (Phi) is 3.79. The molecule has 0 spiro atoms. The van der Waals surface area contributed by atoms with Crippen LogP contribution in [0.25, 0.3) is 11.3 Å². The van der Waals surface area contributed by atoms with E-state index >= 15 is 0 Å². The van der Waals surface area contributed by atoms with Crippen LogP contribution < -0.4 is 5.32 Å². The molecule has 0 amide bonds. The summed E-state index contributed by atoms with van der Waals surface area (Å²) in [6.07, 6.45) is 0. The normalized spacial score (nSPS) is 10.8. The second-order valence-electron chi connectivity index (χ2n) is 4.87. The molecule has 0 radical (unpaired) electrons. The lowest BCUT2D eigenvalue weighted by Gasteiger charge is -2.10. The van der Waals surface area contributed by atoms with Gasteiger partial charge in [-0.1, -0.05) is 13.8 Å². The van der Waals surface area contributed by atoms with E-state index in [-0.39, 0.29) is 11.7 Å². The molecule has 0 aliphatic rings. The maximum Gasteiger partial charge on any atom is 0.133 e. The maximum absolute atomic E-state index is 13.3. The number of aryl methyl sites for hydroxylation is 1. The first-order valence-corrected chi connectivity index (χ1v) is 6.34. The van der Waals surface area contributed by atoms with Gasteiger partial charge >= 0.3 is 0 Å². The second-order valence-corrected chi connectivity index (χ2v) is 4.87. The molecule has 4 heteroatoms. The van der Waals surface area contributed by atoms with Crippen LogP contribution in [0.3, 0.4) is 0 Å². The van der Waals surface area contributed by atoms with Crippen LogP contribution in [0, 0.1) is 12.7 Å². The number of anilines is 1. The van der Waals surface area contributed by atoms with Crippen LogP contribution in [-0.2, 0) is 0 Å². The molecule has 0 aliphatic carbocycles. The lowest BCUT2D eigenvalue weighted by atomic mass is 10.1. The molecule has 1 aromatic heterocycles. The molecule has 0 saturated heterocycles. The number of nitrogens with zero attached hydrogens (tertiary/aromatic N) is 2. The molecule has 3 nitrogen and oxygen atoms in total. The zero-order chi connectivity index (χ0) is 14.0. The smallest absolute Gasteiger partial charge is 0.133 e. The van der Waals surface area contributed by atoms with Crippen LogP contribution in [0.15, 0.2) is 24.3 Å². The highest BCUT2D eigenvalue weighted by Crippen LogP contribution is 2.24. The molecular formula is C15H18FN3. The summed E-state index contributed by atoms with van der Waals surface area (Å²) in [5.41, 5.74) is 2.33. The minimum Gasteiger partial charge on any atom is -0.373 e. The summed E-state index contributed by atoms with van der Waals surface area (Å²) in [6.45, 7) is 5.85. The Balaban J connectivity index is 2.54. The van der Waals surface area contributed by atoms with Gasteiger partial charge in [-0.25, -0.2) is 14.4 Å². The van der Waals surface area contributed by atoms with E-state index in [0.717, 1.165) is 22.9 Å². The van der Waals surface area contributed by atoms with E-state index in [9.17, 15) is 4.39 Å². The minimum atomic E-state index is -0.198. The molecule has 0 bridgehead atoms. The van der Waals surface area contributed by atoms with Crippen molar-refractivity contribution in [2.24, 2.45) is 0 Å². The van der Waals surface area contributed by atoms with Crippen molar-refractivity contribution in [3.05, 3.63) is 41.5 Å². The van der Waals surface area contributed by atoms with Crippen molar-refractivity contribution in [3.63, 3.8) is 0 Å². The van der Waals surface area contributed by atoms with Gasteiger partial charge < -0.3 is 5.32 Å². The van der Waals surface area contributed by atoms with Crippen LogP contribution in [0.5, 0.6) is 0 Å². The maximum atomic E-state index is 13.3. The van der Waals surface area contributed by atoms with Crippen LogP contribution in [-0.4, -0.2) is 17.0 Å². The minimum absolute atomic E-state index is 0.198. The van der Waals surface area contributed by atoms with Crippen molar-refractivity contribution >= 4 is 5.82 Å². The van der Waals surface area contributed by atoms with Gasteiger partial charge in [-0.15, -0.1) is 0 Å². The number of hydrogen-bond donors (Lipinski definition) is 1. The van der Waals surface area contributed by atoms with Crippen LogP contribution in [0.4, 0.5) is 10.2 Å². The van der Waals surface area contributed by atoms with E-state index < -0.39 is 0 Å². The van der Waals surface area contributed by atoms with E-state index in [2.05, 4.69) is 29.1 Å². The Hall–Kier alpha value is -1.97. The van der Waals surface area contributed by atoms with Crippen LogP contribution >= 0.6 is 0 Å². The molecule has 0 atom stereocenters. The summed E-state index contributed by atoms with van der Waals surface area (Å²) in [5, 5.41) is 3.03. The summed E-state index contributed by atoms with van der Waals surface area (Å²) < 4.78 is 13.3. The van der Waals surface area contributed by atoms with Gasteiger partial charge in [0.25, 0.3) is 0 Å². The molecule has 0 aliphatic heterocycles. The average molecular weight is 259 g/mol. The van der Waals surface area contributed by atoms with Crippen molar-refractivity contribution in [1.29, 1.82) is 0 Å². The fourth-order valence-corrected chi connectivity index (χ4v) is 1.80. The quantitative estimate of drug-likeness (QED) is 0.912. The summed E-state index contributed by atoms with van der Waals surface area (Å²) in [5.74, 6) is 1.60. The molecule has 1 heterocycles. The Labute approximate surface area is 112 Å². The fourth-order valence-electron chi connectivity index (χ4n) is 1.80. The summed E-state index contributed by atoms with van der Waals surface area (Å²) in [6, 6.07) is 6.90. The third kappa shape index (κ3) is 2.89. The van der Waals surface area contributed by atoms with E-state index in [0.29, 0.717) is 5.56 Å². The number of nitrogens with one attached hydrogen (secondary N) is 1. The van der Waals surface area contributed by atoms with E-state index in [4.69, 9.17) is 0 Å². The molecule has 0 unspecified atom stereocenters. The second kappa shape index (κ2) is 5.34. The van der Waals surface area contributed by atoms with Crippen LogP contribution in [0.2, 0.25) is 0 Å². The monoisotopic (exact) mass is 259 g/mol. The standard InChI is InChI=1S/C15H18FN3/c1-9(2)15-18-13(8-14(17-4)19-15)11-5-6-12(16)10(3)7-11/h5-9H,1-4H3,(H,17,18,19). The van der Waals surface area contributed by atoms with Gasteiger partial charge in [-0.05, 0) is 30.7 Å². The predicted octanol–water partition coefficient (Wildman–Crippen LogP) is 3.76. The van der Waals surface area contributed by atoms with Gasteiger partial charge in [0.2, 0.25) is 0 Å². The highest BCUT2D eigenvalue weighted by atomic mass is 19.1. The SMILES string of the molecule is CNc1cc(-c2ccc(F)c(C)c2)nc(C(C)C)n1. The van der Waals surface area contributed by atoms with Crippen LogP contribution in [0.1, 0.15) is 31.2 Å². The van der Waals surface area contributed by atoms with Gasteiger partial charge in [-0.2, -0.15) is 0 Å². The summed E-state index contributed by atoms with van der Waals surface area (Å²) >= 11 is 0. The Bertz CT molecular complexity index is 594. The number of benzene rings is 1. The van der Waals surface area contributed by atoms with Gasteiger partial charge in [0.1, 0.15) is 17.5 Å². The molecule has 100 valence electrons. The molecule has 19 heavy (non-hydrogen) atoms. The molecule has 1 N–H and O–H groups in total. The van der Waals surface area contributed by atoms with Gasteiger partial charge in [-0.3, -0.25) is 0 Å². The van der Waals surface area contributed by atoms with Gasteiger partial charge in [0.05, 0.1) is 5.69 Å². The lowest BCUT2D eigenvalue weighted by Crippen LogP contribution is -2.03. The van der Waals surface area contributed by atoms with Gasteiger partial charge in [0, 0.05) is 24.6 Å². The Morgan fingerprint density at radius 3 is 2.47 bits per heavy atom. The highest BCUT2D eigenvalue weighted by molar-refractivity contribution is 5.63. The first kappa shape index (κ1) is 13.5. The largest absolute Gasteiger partial charge is 0.373 e. The fraction of sp³-hybridized carbons (Fsp3) is 0.333. The first-order chi connectivity index (χ1) is 9.01. The molecule has 0 saturated carbocycles. The van der Waals surface area contributed by atoms with Crippen molar-refractivity contribution in [2.75, 3.05) is 12.4 Å². The number of aromatic nitrogens is 2. The Morgan fingerprint density at radius 1 is 1.16 bits per heavy atom. The predicted molar refractivity (Wildman–Crippen MR) is 75.8 cm³/mol. The first-order valence-electron chi connectivity index (χ1n) is 6.34. The molecule has 2 rings (SSSR count). The molecule has 0 fully saturated rings. The zero-order valence-electron chi connectivity index (χ0n) is 11.7. The van der Waals surface area contributed by atoms with Crippen molar-refractivity contribution in [1.82, 2.24) is 9.97 Å². The van der Waals surface area contributed by atoms with E-state index in [1.165, 1.54) is 6.07 Å². The third-order valence-electron chi connectivity index (χ3n) is 2.97. The van der Waals surface area contributed by atoms with Crippen molar-refractivity contribution < 1.29 is 4.39 Å². The Morgan fingerprint density at radius 2 is 1.89 bits per heavy atom. The van der Waals surface area contributed by atoms with E-state index in [1.54, 1.807) is 19.1 Å². The molecule has 1 aromatic carbocycles. The molecular weight excluding hydrogens is 241 g/mol. The highest BCUT2D eigenvalue weighted by Gasteiger charge is 2.10.